The minimum absolute atomic E-state index is 0. The number of rotatable bonds is 6. The average Bonchev–Trinajstić information content (AvgIpc) is 3.26. The Morgan fingerprint density at radius 2 is 1.78 bits per heavy atom. The van der Waals surface area contributed by atoms with Crippen molar-refractivity contribution >= 4 is 35.6 Å². The Morgan fingerprint density at radius 1 is 1.16 bits per heavy atom. The number of piperidine rings is 1. The molecule has 8 nitrogen and oxygen atoms in total. The molecule has 1 aliphatic heterocycles. The number of hydrogen-bond acceptors (Lipinski definition) is 6. The number of nitrogens with one attached hydrogen (secondary N) is 2. The Bertz CT molecular complexity index is 864. The molecule has 0 saturated carbocycles. The van der Waals surface area contributed by atoms with E-state index in [9.17, 15) is 0 Å². The summed E-state index contributed by atoms with van der Waals surface area (Å²) in [5.74, 6) is 3.92. The second-order valence-corrected chi connectivity index (χ2v) is 8.77. The molecule has 0 atom stereocenters. The molecule has 2 aromatic rings. The largest absolute Gasteiger partial charge is 0.497 e. The Kier molecular flexibility index (Phi) is 9.47. The van der Waals surface area contributed by atoms with Gasteiger partial charge in [-0.15, -0.1) is 24.0 Å². The fourth-order valence-electron chi connectivity index (χ4n) is 3.54. The van der Waals surface area contributed by atoms with Crippen molar-refractivity contribution in [2.75, 3.05) is 39.3 Å². The molecule has 0 unspecified atom stereocenters. The van der Waals surface area contributed by atoms with Gasteiger partial charge in [0.25, 0.3) is 0 Å². The van der Waals surface area contributed by atoms with E-state index in [0.717, 1.165) is 54.8 Å². The van der Waals surface area contributed by atoms with Gasteiger partial charge in [-0.3, -0.25) is 4.99 Å². The van der Waals surface area contributed by atoms with Crippen LogP contribution in [0.2, 0.25) is 0 Å². The molecule has 0 bridgehead atoms. The highest BCUT2D eigenvalue weighted by molar-refractivity contribution is 14.0. The molecule has 2 heterocycles. The van der Waals surface area contributed by atoms with E-state index in [1.54, 1.807) is 27.5 Å². The predicted octanol–water partition coefficient (Wildman–Crippen LogP) is 3.94. The van der Waals surface area contributed by atoms with Crippen LogP contribution in [0, 0.1) is 0 Å². The van der Waals surface area contributed by atoms with E-state index in [1.807, 2.05) is 6.07 Å². The first-order chi connectivity index (χ1) is 14.8. The first kappa shape index (κ1) is 26.1. The molecule has 1 aromatic carbocycles. The predicted molar refractivity (Wildman–Crippen MR) is 139 cm³/mol. The van der Waals surface area contributed by atoms with Crippen LogP contribution in [0.4, 0.5) is 5.69 Å². The number of benzene rings is 1. The molecule has 32 heavy (non-hydrogen) atoms. The number of nitrogens with zero attached hydrogens (tertiary/aromatic N) is 3. The summed E-state index contributed by atoms with van der Waals surface area (Å²) in [7, 11) is 5.13. The van der Waals surface area contributed by atoms with Gasteiger partial charge in [0.1, 0.15) is 17.3 Å². The highest BCUT2D eigenvalue weighted by atomic mass is 127. The molecule has 3 rings (SSSR count). The summed E-state index contributed by atoms with van der Waals surface area (Å²) in [5, 5.41) is 6.83. The average molecular weight is 557 g/mol. The van der Waals surface area contributed by atoms with Crippen LogP contribution in [-0.4, -0.2) is 51.3 Å². The second kappa shape index (κ2) is 11.6. The molecular weight excluding hydrogens is 521 g/mol. The zero-order valence-corrected chi connectivity index (χ0v) is 22.2. The van der Waals surface area contributed by atoms with Gasteiger partial charge in [0, 0.05) is 55.5 Å². The molecule has 178 valence electrons. The summed E-state index contributed by atoms with van der Waals surface area (Å²) in [6, 6.07) is 6.36. The van der Waals surface area contributed by atoms with E-state index in [1.165, 1.54) is 0 Å². The Hall–Kier alpha value is -2.17. The molecule has 0 radical (unpaired) electrons. The third kappa shape index (κ3) is 6.91. The smallest absolute Gasteiger partial charge is 0.213 e. The van der Waals surface area contributed by atoms with E-state index >= 15 is 0 Å². The van der Waals surface area contributed by atoms with Crippen molar-refractivity contribution in [2.24, 2.45) is 4.99 Å². The van der Waals surface area contributed by atoms with Crippen molar-refractivity contribution < 1.29 is 13.9 Å². The zero-order valence-electron chi connectivity index (χ0n) is 19.9. The molecule has 2 N–H and O–H groups in total. The lowest BCUT2D eigenvalue weighted by Crippen LogP contribution is -2.48. The van der Waals surface area contributed by atoms with Crippen LogP contribution >= 0.6 is 24.0 Å². The number of ether oxygens (including phenoxy) is 2. The fraction of sp³-hybridized carbons (Fsp3) is 0.565. The van der Waals surface area contributed by atoms with Crippen LogP contribution in [0.15, 0.2) is 33.8 Å². The van der Waals surface area contributed by atoms with Crippen molar-refractivity contribution in [3.8, 4) is 11.5 Å². The van der Waals surface area contributed by atoms with Gasteiger partial charge in [0.15, 0.2) is 5.96 Å². The number of oxazole rings is 1. The van der Waals surface area contributed by atoms with Gasteiger partial charge in [-0.25, -0.2) is 4.98 Å². The summed E-state index contributed by atoms with van der Waals surface area (Å²) < 4.78 is 16.7. The van der Waals surface area contributed by atoms with Crippen LogP contribution in [0.5, 0.6) is 11.5 Å². The number of aliphatic imine (C=N–C) groups is 1. The van der Waals surface area contributed by atoms with Gasteiger partial charge in [-0.2, -0.15) is 0 Å². The fourth-order valence-corrected chi connectivity index (χ4v) is 3.54. The summed E-state index contributed by atoms with van der Waals surface area (Å²) in [5.41, 5.74) is 1.07. The normalized spacial score (nSPS) is 15.2. The Balaban J connectivity index is 0.00000363. The van der Waals surface area contributed by atoms with Crippen LogP contribution in [0.25, 0.3) is 0 Å². The molecule has 9 heteroatoms. The quantitative estimate of drug-likeness (QED) is 0.316. The molecular formula is C23H36IN5O3. The third-order valence-electron chi connectivity index (χ3n) is 5.46. The molecule has 0 amide bonds. The number of hydrogen-bond donors (Lipinski definition) is 2. The SMILES string of the molecule is CN=C(NCc1ncc(C(C)(C)C)o1)NC1CCN(c2cc(OC)cc(OC)c2)CC1.I. The minimum atomic E-state index is -0.0497. The first-order valence-electron chi connectivity index (χ1n) is 10.7. The van der Waals surface area contributed by atoms with Crippen molar-refractivity contribution in [3.63, 3.8) is 0 Å². The van der Waals surface area contributed by atoms with Crippen LogP contribution in [0.3, 0.4) is 0 Å². The van der Waals surface area contributed by atoms with E-state index in [0.29, 0.717) is 18.5 Å². The van der Waals surface area contributed by atoms with Crippen LogP contribution in [-0.2, 0) is 12.0 Å². The molecule has 0 aliphatic carbocycles. The lowest BCUT2D eigenvalue weighted by Gasteiger charge is -2.34. The van der Waals surface area contributed by atoms with Gasteiger partial charge in [-0.1, -0.05) is 20.8 Å². The lowest BCUT2D eigenvalue weighted by molar-refractivity contribution is 0.378. The minimum Gasteiger partial charge on any atom is -0.497 e. The van der Waals surface area contributed by atoms with E-state index in [2.05, 4.69) is 58.4 Å². The van der Waals surface area contributed by atoms with E-state index in [-0.39, 0.29) is 29.4 Å². The number of anilines is 1. The highest BCUT2D eigenvalue weighted by Gasteiger charge is 2.22. The van der Waals surface area contributed by atoms with Gasteiger partial charge in [0.2, 0.25) is 5.89 Å². The lowest BCUT2D eigenvalue weighted by atomic mass is 9.94. The number of guanidine groups is 1. The van der Waals surface area contributed by atoms with Crippen molar-refractivity contribution in [2.45, 2.75) is 51.6 Å². The molecule has 1 fully saturated rings. The summed E-state index contributed by atoms with van der Waals surface area (Å²) in [4.78, 5) is 11.1. The van der Waals surface area contributed by atoms with Gasteiger partial charge >= 0.3 is 0 Å². The van der Waals surface area contributed by atoms with Crippen LogP contribution < -0.4 is 25.0 Å². The third-order valence-corrected chi connectivity index (χ3v) is 5.46. The highest BCUT2D eigenvalue weighted by Crippen LogP contribution is 2.30. The van der Waals surface area contributed by atoms with E-state index < -0.39 is 0 Å². The van der Waals surface area contributed by atoms with Crippen molar-refractivity contribution in [1.82, 2.24) is 15.6 Å². The number of methoxy groups -OCH3 is 2. The standard InChI is InChI=1S/C23H35N5O3.HI/c1-23(2,3)20-14-25-21(31-20)15-26-22(24-4)27-16-7-9-28(10-8-16)17-11-18(29-5)13-19(12-17)30-6;/h11-14,16H,7-10,15H2,1-6H3,(H2,24,26,27);1H. The van der Waals surface area contributed by atoms with Crippen LogP contribution in [0.1, 0.15) is 45.3 Å². The summed E-state index contributed by atoms with van der Waals surface area (Å²) in [6.45, 7) is 8.72. The topological polar surface area (TPSA) is 84.2 Å². The van der Waals surface area contributed by atoms with Gasteiger partial charge in [-0.05, 0) is 12.8 Å². The van der Waals surface area contributed by atoms with Gasteiger partial charge in [0.05, 0.1) is 27.0 Å². The maximum Gasteiger partial charge on any atom is 0.213 e. The maximum atomic E-state index is 5.85. The van der Waals surface area contributed by atoms with Crippen molar-refractivity contribution in [3.05, 3.63) is 36.0 Å². The van der Waals surface area contributed by atoms with E-state index in [4.69, 9.17) is 13.9 Å². The summed E-state index contributed by atoms with van der Waals surface area (Å²) >= 11 is 0. The second-order valence-electron chi connectivity index (χ2n) is 8.77. The Morgan fingerprint density at radius 3 is 2.28 bits per heavy atom. The van der Waals surface area contributed by atoms with Gasteiger partial charge < -0.3 is 29.4 Å². The number of halogens is 1. The Labute approximate surface area is 208 Å². The monoisotopic (exact) mass is 557 g/mol. The zero-order chi connectivity index (χ0) is 22.4. The molecule has 0 spiro atoms. The maximum absolute atomic E-state index is 5.85. The first-order valence-corrected chi connectivity index (χ1v) is 10.7. The number of aromatic nitrogens is 1. The molecule has 1 aromatic heterocycles. The van der Waals surface area contributed by atoms with Crippen molar-refractivity contribution in [1.29, 1.82) is 0 Å². The molecule has 1 aliphatic rings. The summed E-state index contributed by atoms with van der Waals surface area (Å²) in [6.07, 6.45) is 3.82. The molecule has 1 saturated heterocycles.